The Balaban J connectivity index is 2.42. The lowest BCUT2D eigenvalue weighted by Gasteiger charge is -2.34. The van der Waals surface area contributed by atoms with Crippen LogP contribution in [-0.4, -0.2) is 18.5 Å². The molecule has 1 unspecified atom stereocenters. The van der Waals surface area contributed by atoms with Crippen LogP contribution in [-0.2, 0) is 24.5 Å². The number of nitrogens with two attached hydrogens (primary N) is 1. The normalized spacial score (nSPS) is 20.9. The van der Waals surface area contributed by atoms with E-state index in [4.69, 9.17) is 15.2 Å². The van der Waals surface area contributed by atoms with Crippen LogP contribution in [0.3, 0.4) is 0 Å². The Hall–Kier alpha value is -2.79. The summed E-state index contributed by atoms with van der Waals surface area (Å²) in [5, 5.41) is 12.6. The number of esters is 1. The molecule has 2 aliphatic rings. The number of amides is 1. The molecule has 2 aliphatic heterocycles. The van der Waals surface area contributed by atoms with Crippen LogP contribution < -0.4 is 11.1 Å². The van der Waals surface area contributed by atoms with Crippen molar-refractivity contribution < 1.29 is 19.1 Å². The van der Waals surface area contributed by atoms with Gasteiger partial charge in [0, 0.05) is 22.1 Å². The fraction of sp³-hybridized carbons (Fsp3) is 0.316. The number of halogens is 1. The highest BCUT2D eigenvalue weighted by molar-refractivity contribution is 9.10. The molecule has 1 aromatic carbocycles. The minimum atomic E-state index is -1.70. The average Bonchev–Trinajstić information content (AvgIpc) is 2.88. The summed E-state index contributed by atoms with van der Waals surface area (Å²) in [7, 11) is 0. The molecule has 1 spiro atoms. The third-order valence-electron chi connectivity index (χ3n) is 4.55. The number of carbonyl (C=O) groups excluding carboxylic acids is 2. The molecule has 27 heavy (non-hydrogen) atoms. The van der Waals surface area contributed by atoms with Crippen molar-refractivity contribution in [3.05, 3.63) is 51.0 Å². The third-order valence-corrected chi connectivity index (χ3v) is 5.04. The topological polar surface area (TPSA) is 114 Å². The highest BCUT2D eigenvalue weighted by Gasteiger charge is 2.60. The van der Waals surface area contributed by atoms with Gasteiger partial charge in [0.25, 0.3) is 0 Å². The van der Waals surface area contributed by atoms with E-state index >= 15 is 0 Å². The van der Waals surface area contributed by atoms with Gasteiger partial charge in [0.05, 0.1) is 6.61 Å². The summed E-state index contributed by atoms with van der Waals surface area (Å²) in [4.78, 5) is 26.2. The molecule has 1 amide bonds. The minimum absolute atomic E-state index is 0.00583. The van der Waals surface area contributed by atoms with Gasteiger partial charge >= 0.3 is 5.97 Å². The lowest BCUT2D eigenvalue weighted by Crippen LogP contribution is -2.46. The number of allylic oxidation sites excluding steroid dienone is 1. The van der Waals surface area contributed by atoms with Crippen molar-refractivity contribution >= 4 is 33.5 Å². The highest BCUT2D eigenvalue weighted by atomic mass is 79.9. The number of nitrogens with zero attached hydrogens (tertiary/aromatic N) is 1. The summed E-state index contributed by atoms with van der Waals surface area (Å²) in [6.45, 7) is 3.69. The van der Waals surface area contributed by atoms with E-state index < -0.39 is 17.3 Å². The third kappa shape index (κ3) is 2.70. The van der Waals surface area contributed by atoms with Crippen LogP contribution in [0.1, 0.15) is 32.3 Å². The van der Waals surface area contributed by atoms with Crippen LogP contribution in [0.5, 0.6) is 0 Å². The number of nitriles is 1. The number of anilines is 1. The molecule has 0 aliphatic carbocycles. The van der Waals surface area contributed by atoms with Gasteiger partial charge in [-0.1, -0.05) is 22.9 Å². The Bertz CT molecular complexity index is 945. The summed E-state index contributed by atoms with van der Waals surface area (Å²) in [5.74, 6) is -1.17. The highest BCUT2D eigenvalue weighted by Crippen LogP contribution is 2.53. The molecule has 7 nitrogen and oxygen atoms in total. The summed E-state index contributed by atoms with van der Waals surface area (Å²) >= 11 is 3.39. The molecule has 0 aromatic heterocycles. The first-order valence-electron chi connectivity index (χ1n) is 8.52. The fourth-order valence-corrected chi connectivity index (χ4v) is 3.90. The Kier molecular flexibility index (Phi) is 4.98. The lowest BCUT2D eigenvalue weighted by atomic mass is 9.68. The first-order chi connectivity index (χ1) is 12.9. The van der Waals surface area contributed by atoms with E-state index in [1.807, 2.05) is 13.0 Å². The van der Waals surface area contributed by atoms with Crippen LogP contribution in [0.15, 0.2) is 45.5 Å². The quantitative estimate of drug-likeness (QED) is 0.708. The molecule has 1 aromatic rings. The Morgan fingerprint density at radius 3 is 2.81 bits per heavy atom. The summed E-state index contributed by atoms with van der Waals surface area (Å²) in [5.41, 5.74) is 5.16. The molecule has 3 N–H and O–H groups in total. The van der Waals surface area contributed by atoms with E-state index in [1.54, 1.807) is 25.1 Å². The largest absolute Gasteiger partial charge is 0.462 e. The molecule has 0 saturated heterocycles. The summed E-state index contributed by atoms with van der Waals surface area (Å²) < 4.78 is 11.5. The zero-order valence-electron chi connectivity index (χ0n) is 14.9. The molecule has 3 rings (SSSR count). The Morgan fingerprint density at radius 1 is 1.44 bits per heavy atom. The molecule has 0 radical (unpaired) electrons. The summed E-state index contributed by atoms with van der Waals surface area (Å²) in [6.07, 6.45) is 1.02. The van der Waals surface area contributed by atoms with E-state index in [1.165, 1.54) is 0 Å². The number of ether oxygens (including phenoxy) is 2. The van der Waals surface area contributed by atoms with Crippen molar-refractivity contribution in [1.82, 2.24) is 0 Å². The van der Waals surface area contributed by atoms with Crippen molar-refractivity contribution in [2.45, 2.75) is 32.1 Å². The molecule has 8 heteroatoms. The number of fused-ring (bicyclic) bond motifs is 2. The van der Waals surface area contributed by atoms with Crippen molar-refractivity contribution in [3.63, 3.8) is 0 Å². The van der Waals surface area contributed by atoms with Crippen LogP contribution in [0.4, 0.5) is 5.69 Å². The minimum Gasteiger partial charge on any atom is -0.462 e. The zero-order chi connectivity index (χ0) is 19.8. The van der Waals surface area contributed by atoms with Crippen molar-refractivity contribution in [2.75, 3.05) is 11.9 Å². The number of nitrogens with one attached hydrogen (secondary N) is 1. The molecule has 0 bridgehead atoms. The van der Waals surface area contributed by atoms with Gasteiger partial charge in [0.2, 0.25) is 11.8 Å². The second-order valence-electron chi connectivity index (χ2n) is 6.12. The standard InChI is InChI=1S/C19H18BrN3O4/c1-3-5-14-15(17(24)26-4-2)19(12(9-21)16(22)27-14)11-8-10(20)6-7-13(11)23-18(19)25/h6-8H,3-5,22H2,1-2H3,(H,23,25). The second kappa shape index (κ2) is 7.08. The maximum absolute atomic E-state index is 13.2. The van der Waals surface area contributed by atoms with Crippen LogP contribution >= 0.6 is 15.9 Å². The average molecular weight is 432 g/mol. The lowest BCUT2D eigenvalue weighted by molar-refractivity contribution is -0.140. The van der Waals surface area contributed by atoms with Crippen molar-refractivity contribution in [2.24, 2.45) is 5.73 Å². The van der Waals surface area contributed by atoms with Gasteiger partial charge in [-0.2, -0.15) is 5.26 Å². The van der Waals surface area contributed by atoms with E-state index in [-0.39, 0.29) is 29.4 Å². The second-order valence-corrected chi connectivity index (χ2v) is 7.03. The van der Waals surface area contributed by atoms with Gasteiger partial charge in [-0.05, 0) is 31.5 Å². The Labute approximate surface area is 164 Å². The van der Waals surface area contributed by atoms with E-state index in [9.17, 15) is 14.9 Å². The van der Waals surface area contributed by atoms with Crippen LogP contribution in [0, 0.1) is 11.3 Å². The molecular weight excluding hydrogens is 414 g/mol. The predicted molar refractivity (Wildman–Crippen MR) is 101 cm³/mol. The van der Waals surface area contributed by atoms with E-state index in [0.29, 0.717) is 28.6 Å². The number of carbonyl (C=O) groups is 2. The Morgan fingerprint density at radius 2 is 2.19 bits per heavy atom. The van der Waals surface area contributed by atoms with Crippen LogP contribution in [0.2, 0.25) is 0 Å². The van der Waals surface area contributed by atoms with Gasteiger partial charge in [0.15, 0.2) is 5.41 Å². The van der Waals surface area contributed by atoms with Gasteiger partial charge in [-0.15, -0.1) is 0 Å². The van der Waals surface area contributed by atoms with Crippen molar-refractivity contribution in [1.29, 1.82) is 5.26 Å². The number of rotatable bonds is 4. The predicted octanol–water partition coefficient (Wildman–Crippen LogP) is 2.98. The van der Waals surface area contributed by atoms with Crippen LogP contribution in [0.25, 0.3) is 0 Å². The van der Waals surface area contributed by atoms with Crippen molar-refractivity contribution in [3.8, 4) is 6.07 Å². The molecular formula is C19H18BrN3O4. The van der Waals surface area contributed by atoms with Gasteiger partial charge < -0.3 is 20.5 Å². The van der Waals surface area contributed by atoms with Gasteiger partial charge in [-0.3, -0.25) is 4.79 Å². The van der Waals surface area contributed by atoms with Gasteiger partial charge in [-0.25, -0.2) is 4.79 Å². The smallest absolute Gasteiger partial charge is 0.339 e. The maximum Gasteiger partial charge on any atom is 0.339 e. The fourth-order valence-electron chi connectivity index (χ4n) is 3.54. The SMILES string of the molecule is CCCC1=C(C(=O)OCC)C2(C(=O)Nc3ccc(Br)cc32)C(C#N)=C(N)O1. The van der Waals surface area contributed by atoms with E-state index in [0.717, 1.165) is 0 Å². The number of hydrogen-bond donors (Lipinski definition) is 2. The first kappa shape index (κ1) is 19.0. The summed E-state index contributed by atoms with van der Waals surface area (Å²) in [6, 6.07) is 7.14. The molecule has 140 valence electrons. The first-order valence-corrected chi connectivity index (χ1v) is 9.31. The monoisotopic (exact) mass is 431 g/mol. The molecule has 0 fully saturated rings. The molecule has 1 atom stereocenters. The van der Waals surface area contributed by atoms with E-state index in [2.05, 4.69) is 21.2 Å². The number of benzene rings is 1. The number of hydrogen-bond acceptors (Lipinski definition) is 6. The van der Waals surface area contributed by atoms with Gasteiger partial charge in [0.1, 0.15) is 23.0 Å². The molecule has 2 heterocycles. The maximum atomic E-state index is 13.2. The molecule has 0 saturated carbocycles. The zero-order valence-corrected chi connectivity index (χ0v) is 16.5.